The Morgan fingerprint density at radius 2 is 1.55 bits per heavy atom. The van der Waals surface area contributed by atoms with Crippen LogP contribution in [0.15, 0.2) is 24.3 Å². The van der Waals surface area contributed by atoms with Gasteiger partial charge in [0.25, 0.3) is 0 Å². The van der Waals surface area contributed by atoms with Gasteiger partial charge in [0, 0.05) is 24.2 Å². The van der Waals surface area contributed by atoms with Crippen LogP contribution in [0.1, 0.15) is 60.8 Å². The molecule has 1 amide bonds. The summed E-state index contributed by atoms with van der Waals surface area (Å²) in [7, 11) is 2.96. The number of phenolic OH excluding ortho intramolecular Hbond substituents is 1. The number of amides is 1. The largest absolute Gasteiger partial charge is 0.502 e. The van der Waals surface area contributed by atoms with Crippen molar-refractivity contribution in [3.05, 3.63) is 41.0 Å². The Kier molecular flexibility index (Phi) is 11.0. The quantitative estimate of drug-likeness (QED) is 0.153. The summed E-state index contributed by atoms with van der Waals surface area (Å²) in [6.07, 6.45) is 3.19. The fraction of sp³-hybridized carbons (Fsp3) is 0.594. The lowest BCUT2D eigenvalue weighted by Gasteiger charge is -2.41. The van der Waals surface area contributed by atoms with Crippen LogP contribution in [-0.2, 0) is 9.53 Å². The molecule has 12 nitrogen and oxygen atoms in total. The van der Waals surface area contributed by atoms with E-state index in [0.717, 1.165) is 62.1 Å². The van der Waals surface area contributed by atoms with E-state index in [9.17, 15) is 15.0 Å². The average molecular weight is 615 g/mol. The molecule has 1 aliphatic carbocycles. The fourth-order valence-corrected chi connectivity index (χ4v) is 6.60. The molecule has 1 fully saturated rings. The molecule has 5 rings (SSSR count). The van der Waals surface area contributed by atoms with Gasteiger partial charge in [-0.2, -0.15) is 0 Å². The number of hydrogen-bond acceptors (Lipinski definition) is 11. The number of unbranched alkanes of at least 4 members (excludes halogenated alkanes) is 1. The van der Waals surface area contributed by atoms with E-state index in [2.05, 4.69) is 16.0 Å². The smallest absolute Gasteiger partial charge is 0.231 e. The lowest BCUT2D eigenvalue weighted by atomic mass is 9.65. The molecular weight excluding hydrogens is 568 g/mol. The van der Waals surface area contributed by atoms with E-state index in [1.54, 1.807) is 12.1 Å². The second-order valence-corrected chi connectivity index (χ2v) is 11.5. The summed E-state index contributed by atoms with van der Waals surface area (Å²) in [5.74, 6) is 0.599. The number of fused-ring (bicyclic) bond motifs is 3. The Balaban J connectivity index is 1.30. The second-order valence-electron chi connectivity index (χ2n) is 11.5. The minimum Gasteiger partial charge on any atom is -0.502 e. The van der Waals surface area contributed by atoms with Crippen molar-refractivity contribution in [2.75, 3.05) is 60.3 Å². The monoisotopic (exact) mass is 614 g/mol. The molecule has 0 aromatic heterocycles. The maximum atomic E-state index is 13.3. The van der Waals surface area contributed by atoms with E-state index in [1.165, 1.54) is 14.2 Å². The summed E-state index contributed by atoms with van der Waals surface area (Å²) in [4.78, 5) is 13.3. The van der Waals surface area contributed by atoms with Gasteiger partial charge in [-0.05, 0) is 99.4 Å². The number of benzene rings is 2. The van der Waals surface area contributed by atoms with Crippen LogP contribution in [0.3, 0.4) is 0 Å². The van der Waals surface area contributed by atoms with Crippen molar-refractivity contribution in [3.8, 4) is 28.7 Å². The first-order chi connectivity index (χ1) is 21.5. The third kappa shape index (κ3) is 7.00. The third-order valence-corrected chi connectivity index (χ3v) is 8.79. The Hall–Kier alpha value is -3.29. The number of nitrogens with one attached hydrogen (secondary N) is 3. The Morgan fingerprint density at radius 1 is 0.932 bits per heavy atom. The van der Waals surface area contributed by atoms with Crippen molar-refractivity contribution in [2.45, 2.75) is 50.4 Å². The Labute approximate surface area is 258 Å². The van der Waals surface area contributed by atoms with Crippen LogP contribution in [0.5, 0.6) is 28.7 Å². The number of nitrogens with two attached hydrogens (primary N) is 1. The zero-order valence-corrected chi connectivity index (χ0v) is 25.6. The van der Waals surface area contributed by atoms with E-state index in [0.29, 0.717) is 30.9 Å². The zero-order valence-electron chi connectivity index (χ0n) is 25.6. The molecule has 1 saturated heterocycles. The van der Waals surface area contributed by atoms with Crippen LogP contribution >= 0.6 is 0 Å². The number of methoxy groups -OCH3 is 2. The number of aromatic hydroxyl groups is 1. The van der Waals surface area contributed by atoms with Gasteiger partial charge < -0.3 is 55.6 Å². The number of ether oxygens (including phenoxy) is 5. The van der Waals surface area contributed by atoms with Crippen LogP contribution in [0, 0.1) is 11.8 Å². The number of carbonyl (C=O) groups is 1. The molecule has 0 bridgehead atoms. The van der Waals surface area contributed by atoms with Gasteiger partial charge in [-0.3, -0.25) is 4.79 Å². The molecule has 3 aliphatic rings. The van der Waals surface area contributed by atoms with Crippen molar-refractivity contribution in [1.29, 1.82) is 0 Å². The summed E-state index contributed by atoms with van der Waals surface area (Å²) < 4.78 is 28.2. The highest BCUT2D eigenvalue weighted by atomic mass is 16.7. The van der Waals surface area contributed by atoms with Gasteiger partial charge in [0.05, 0.1) is 26.9 Å². The summed E-state index contributed by atoms with van der Waals surface area (Å²) in [6, 6.07) is 6.96. The number of aliphatic hydroxyl groups is 1. The Bertz CT molecular complexity index is 1250. The van der Waals surface area contributed by atoms with Crippen LogP contribution in [0.25, 0.3) is 0 Å². The lowest BCUT2D eigenvalue weighted by molar-refractivity contribution is -0.122. The van der Waals surface area contributed by atoms with Crippen molar-refractivity contribution in [2.24, 2.45) is 17.6 Å². The van der Waals surface area contributed by atoms with Gasteiger partial charge in [-0.1, -0.05) is 0 Å². The van der Waals surface area contributed by atoms with E-state index in [1.807, 2.05) is 12.1 Å². The standard InChI is InChI=1S/C32H46N4O8/c1-40-25-13-19(14-26(41-2)31(25)38)28-20-15-23-24(44-18-43-23)16-21(20)30(22-17-42-32(39)29(22)28)36-27(37)7-5-11-34-9-3-4-10-35-12-6-8-33/h13-16,22,28-30,32,34-35,38-39H,3-12,17-18,33H2,1-2H3,(H,36,37)/t22-,28+,29-,30+,32?/m0/s1. The van der Waals surface area contributed by atoms with Crippen molar-refractivity contribution in [3.63, 3.8) is 0 Å². The SMILES string of the molecule is COc1cc([C@@H]2c3cc4c(cc3[C@@H](NC(=O)CCCNCCCCNCCCN)[C@H]3COC(O)[C@H]23)OCO4)cc(OC)c1O. The topological polar surface area (TPSA) is 166 Å². The van der Waals surface area contributed by atoms with Gasteiger partial charge in [-0.25, -0.2) is 0 Å². The van der Waals surface area contributed by atoms with Gasteiger partial charge in [0.2, 0.25) is 18.4 Å². The van der Waals surface area contributed by atoms with Crippen LogP contribution in [0.2, 0.25) is 0 Å². The van der Waals surface area contributed by atoms with Crippen molar-refractivity contribution >= 4 is 5.91 Å². The molecular formula is C32H46N4O8. The average Bonchev–Trinajstić information content (AvgIpc) is 3.65. The fourth-order valence-electron chi connectivity index (χ4n) is 6.60. The molecule has 2 heterocycles. The zero-order chi connectivity index (χ0) is 31.1. The summed E-state index contributed by atoms with van der Waals surface area (Å²) in [5.41, 5.74) is 8.05. The number of carbonyl (C=O) groups excluding carboxylic acids is 1. The molecule has 0 saturated carbocycles. The van der Waals surface area contributed by atoms with Crippen LogP contribution < -0.4 is 40.6 Å². The first-order valence-electron chi connectivity index (χ1n) is 15.6. The molecule has 2 aromatic rings. The predicted octanol–water partition coefficient (Wildman–Crippen LogP) is 2.11. The van der Waals surface area contributed by atoms with E-state index in [4.69, 9.17) is 29.4 Å². The highest BCUT2D eigenvalue weighted by molar-refractivity contribution is 5.77. The molecule has 12 heteroatoms. The molecule has 44 heavy (non-hydrogen) atoms. The molecule has 5 atom stereocenters. The maximum absolute atomic E-state index is 13.3. The second kappa shape index (κ2) is 15.1. The molecule has 242 valence electrons. The van der Waals surface area contributed by atoms with Crippen molar-refractivity contribution in [1.82, 2.24) is 16.0 Å². The first-order valence-corrected chi connectivity index (χ1v) is 15.6. The summed E-state index contributed by atoms with van der Waals surface area (Å²) >= 11 is 0. The number of hydrogen-bond donors (Lipinski definition) is 6. The summed E-state index contributed by atoms with van der Waals surface area (Å²) in [5, 5.41) is 31.8. The minimum atomic E-state index is -1.06. The molecule has 2 aliphatic heterocycles. The highest BCUT2D eigenvalue weighted by Crippen LogP contribution is 2.56. The molecule has 1 unspecified atom stereocenters. The normalized spacial score (nSPS) is 23.2. The van der Waals surface area contributed by atoms with Gasteiger partial charge in [0.15, 0.2) is 29.3 Å². The van der Waals surface area contributed by atoms with Crippen molar-refractivity contribution < 1.29 is 38.7 Å². The molecule has 0 radical (unpaired) electrons. The number of aliphatic hydroxyl groups excluding tert-OH is 1. The number of phenols is 1. The highest BCUT2D eigenvalue weighted by Gasteiger charge is 2.52. The third-order valence-electron chi connectivity index (χ3n) is 8.79. The number of rotatable bonds is 16. The predicted molar refractivity (Wildman–Crippen MR) is 163 cm³/mol. The minimum absolute atomic E-state index is 0.0592. The molecule has 0 spiro atoms. The van der Waals surface area contributed by atoms with Gasteiger partial charge in [-0.15, -0.1) is 0 Å². The van der Waals surface area contributed by atoms with E-state index in [-0.39, 0.29) is 48.4 Å². The van der Waals surface area contributed by atoms with E-state index >= 15 is 0 Å². The van der Waals surface area contributed by atoms with Gasteiger partial charge in [0.1, 0.15) is 0 Å². The summed E-state index contributed by atoms with van der Waals surface area (Å²) in [6.45, 7) is 4.71. The lowest BCUT2D eigenvalue weighted by Crippen LogP contribution is -2.43. The van der Waals surface area contributed by atoms with Crippen LogP contribution in [0.4, 0.5) is 0 Å². The first kappa shape index (κ1) is 32.1. The van der Waals surface area contributed by atoms with Crippen LogP contribution in [-0.4, -0.2) is 82.8 Å². The molecule has 2 aromatic carbocycles. The molecule has 7 N–H and O–H groups in total. The Morgan fingerprint density at radius 3 is 2.18 bits per heavy atom. The van der Waals surface area contributed by atoms with E-state index < -0.39 is 18.2 Å². The van der Waals surface area contributed by atoms with Gasteiger partial charge >= 0.3 is 0 Å². The maximum Gasteiger partial charge on any atom is 0.231 e.